The number of benzene rings is 2. The molecule has 2 saturated heterocycles. The third-order valence-electron chi connectivity index (χ3n) is 18.0. The number of piperidine rings is 2. The van der Waals surface area contributed by atoms with Gasteiger partial charge in [0.15, 0.2) is 0 Å². The van der Waals surface area contributed by atoms with Crippen molar-refractivity contribution in [3.63, 3.8) is 0 Å². The molecule has 4 nitrogen and oxygen atoms in total. The van der Waals surface area contributed by atoms with Gasteiger partial charge < -0.3 is 15.3 Å². The van der Waals surface area contributed by atoms with E-state index in [4.69, 9.17) is 0 Å². The van der Waals surface area contributed by atoms with Crippen LogP contribution in [0.2, 0.25) is 0 Å². The first-order chi connectivity index (χ1) is 25.2. The first-order valence-corrected chi connectivity index (χ1v) is 21.7. The minimum atomic E-state index is -0.615. The van der Waals surface area contributed by atoms with Gasteiger partial charge in [0.05, 0.1) is 17.8 Å². The van der Waals surface area contributed by atoms with Crippen molar-refractivity contribution in [2.45, 2.75) is 127 Å². The zero-order valence-corrected chi connectivity index (χ0v) is 31.9. The van der Waals surface area contributed by atoms with Gasteiger partial charge in [0.25, 0.3) is 0 Å². The predicted octanol–water partition coefficient (Wildman–Crippen LogP) is 8.66. The van der Waals surface area contributed by atoms with E-state index >= 15 is 0 Å². The number of rotatable bonds is 5. The highest BCUT2D eigenvalue weighted by Crippen LogP contribution is 2.74. The van der Waals surface area contributed by atoms with E-state index in [1.54, 1.807) is 0 Å². The number of hydrogen-bond acceptors (Lipinski definition) is 4. The molecule has 0 radical (unpaired) electrons. The third-order valence-corrected chi connectivity index (χ3v) is 18.0. The van der Waals surface area contributed by atoms with Crippen molar-refractivity contribution in [1.29, 1.82) is 0 Å². The fourth-order valence-corrected chi connectivity index (χ4v) is 16.3. The van der Waals surface area contributed by atoms with Crippen molar-refractivity contribution in [3.8, 4) is 0 Å². The van der Waals surface area contributed by atoms with Crippen LogP contribution < -0.4 is 0 Å². The lowest BCUT2D eigenvalue weighted by atomic mass is 9.42. The van der Waals surface area contributed by atoms with E-state index in [2.05, 4.69) is 91.6 Å². The third kappa shape index (κ3) is 5.26. The molecule has 52 heavy (non-hydrogen) atoms. The Labute approximate surface area is 313 Å². The van der Waals surface area contributed by atoms with Crippen LogP contribution in [0, 0.1) is 70.0 Å². The van der Waals surface area contributed by atoms with Crippen LogP contribution in [0.15, 0.2) is 72.8 Å². The summed E-state index contributed by atoms with van der Waals surface area (Å²) in [6.45, 7) is 6.92. The van der Waals surface area contributed by atoms with Gasteiger partial charge in [0.1, 0.15) is 0 Å². The monoisotopic (exact) mass is 703 g/mol. The Morgan fingerprint density at radius 3 is 2.44 bits per heavy atom. The molecule has 8 aliphatic rings. The molecule has 2 spiro atoms. The maximum atomic E-state index is 12.4. The Kier molecular flexibility index (Phi) is 8.49. The van der Waals surface area contributed by atoms with Gasteiger partial charge in [0.2, 0.25) is 0 Å². The summed E-state index contributed by atoms with van der Waals surface area (Å²) in [7, 11) is 0. The van der Waals surface area contributed by atoms with Crippen LogP contribution in [-0.4, -0.2) is 57.2 Å². The van der Waals surface area contributed by atoms with Crippen molar-refractivity contribution >= 4 is 0 Å². The second-order valence-electron chi connectivity index (χ2n) is 20.4. The molecular formula is C48H65NO3. The Bertz CT molecular complexity index is 1620. The van der Waals surface area contributed by atoms with E-state index in [0.717, 1.165) is 70.9 Å². The summed E-state index contributed by atoms with van der Waals surface area (Å²) in [5.41, 5.74) is 2.31. The molecular weight excluding hydrogens is 639 g/mol. The smallest absolute Gasteiger partial charge is 0.0805 e. The van der Waals surface area contributed by atoms with Gasteiger partial charge in [-0.2, -0.15) is 0 Å². The summed E-state index contributed by atoms with van der Waals surface area (Å²) in [5, 5.41) is 36.8. The fraction of sp³-hybridized carbons (Fsp3) is 0.708. The highest BCUT2D eigenvalue weighted by atomic mass is 16.3. The molecule has 3 N–H and O–H groups in total. The predicted molar refractivity (Wildman–Crippen MR) is 207 cm³/mol. The van der Waals surface area contributed by atoms with Gasteiger partial charge in [-0.1, -0.05) is 79.7 Å². The number of aliphatic hydroxyl groups is 3. The maximum Gasteiger partial charge on any atom is 0.0805 e. The van der Waals surface area contributed by atoms with Crippen LogP contribution in [0.4, 0.5) is 0 Å². The largest absolute Gasteiger partial charge is 0.393 e. The molecule has 0 aromatic heterocycles. The zero-order chi connectivity index (χ0) is 35.4. The number of allylic oxidation sites excluding steroid dienone is 2. The van der Waals surface area contributed by atoms with E-state index in [-0.39, 0.29) is 29.0 Å². The molecule has 6 aliphatic carbocycles. The van der Waals surface area contributed by atoms with Gasteiger partial charge in [-0.25, -0.2) is 0 Å². The molecule has 10 rings (SSSR count). The summed E-state index contributed by atoms with van der Waals surface area (Å²) in [5.74, 6) is 5.96. The Balaban J connectivity index is 0.943. The molecule has 0 bridgehead atoms. The van der Waals surface area contributed by atoms with Crippen LogP contribution in [0.3, 0.4) is 0 Å². The topological polar surface area (TPSA) is 63.9 Å². The molecule has 2 heterocycles. The van der Waals surface area contributed by atoms with Crippen LogP contribution >= 0.6 is 0 Å². The molecule has 17 atom stereocenters. The highest BCUT2D eigenvalue weighted by Gasteiger charge is 2.71. The van der Waals surface area contributed by atoms with E-state index in [1.807, 2.05) is 0 Å². The van der Waals surface area contributed by atoms with Crippen LogP contribution in [0.25, 0.3) is 0 Å². The molecule has 2 aliphatic heterocycles. The molecule has 5 saturated carbocycles. The van der Waals surface area contributed by atoms with Crippen molar-refractivity contribution in [1.82, 2.24) is 4.90 Å². The summed E-state index contributed by atoms with van der Waals surface area (Å²) >= 11 is 0. The fourth-order valence-electron chi connectivity index (χ4n) is 16.3. The Morgan fingerprint density at radius 2 is 1.63 bits per heavy atom. The summed E-state index contributed by atoms with van der Waals surface area (Å²) in [6.07, 6.45) is 19.0. The molecule has 0 amide bonds. The van der Waals surface area contributed by atoms with Gasteiger partial charge in [-0.3, -0.25) is 4.90 Å². The maximum absolute atomic E-state index is 12.4. The first kappa shape index (κ1) is 34.5. The van der Waals surface area contributed by atoms with Gasteiger partial charge in [0, 0.05) is 19.1 Å². The molecule has 4 heteroatoms. The number of hydrogen-bond donors (Lipinski definition) is 3. The Morgan fingerprint density at radius 1 is 0.846 bits per heavy atom. The summed E-state index contributed by atoms with van der Waals surface area (Å²) in [4.78, 5) is 2.73. The summed E-state index contributed by atoms with van der Waals surface area (Å²) in [6, 6.07) is 22.6. The minimum absolute atomic E-state index is 0.0333. The van der Waals surface area contributed by atoms with E-state index in [0.29, 0.717) is 65.2 Å². The second-order valence-corrected chi connectivity index (χ2v) is 20.4. The molecule has 2 aromatic rings. The van der Waals surface area contributed by atoms with Gasteiger partial charge >= 0.3 is 0 Å². The standard InChI is InChI=1S/C48H65NO3/c1-30-15-18-42-46(2,52)39-17-16-35-37-24-41(50)40-25-43(51)47(29-48(40)20-9-14-36(45(37)48)44(35)38(39)28-49(42)27-30)21-19-32(26-47)23-34(33-12-7-4-8-13-33)22-31-10-5-3-6-11-31/h3-14,30,32,34-45,50-52H,15-29H2,1-2H3. The zero-order valence-electron chi connectivity index (χ0n) is 31.9. The van der Waals surface area contributed by atoms with Gasteiger partial charge in [-0.15, -0.1) is 0 Å². The normalized spacial score (nSPS) is 49.8. The van der Waals surface area contributed by atoms with Crippen LogP contribution in [-0.2, 0) is 6.42 Å². The van der Waals surface area contributed by atoms with Crippen molar-refractivity contribution in [2.75, 3.05) is 13.1 Å². The minimum Gasteiger partial charge on any atom is -0.393 e. The average Bonchev–Trinajstić information content (AvgIpc) is 3.69. The second kappa shape index (κ2) is 12.8. The number of nitrogens with zero attached hydrogens (tertiary/aromatic N) is 1. The van der Waals surface area contributed by atoms with Gasteiger partial charge in [-0.05, 0) is 177 Å². The Hall–Kier alpha value is -1.98. The van der Waals surface area contributed by atoms with Crippen LogP contribution in [0.1, 0.15) is 108 Å². The number of fused-ring (bicyclic) bond motifs is 6. The lowest BCUT2D eigenvalue weighted by Gasteiger charge is -2.63. The molecule has 280 valence electrons. The van der Waals surface area contributed by atoms with E-state index in [1.165, 1.54) is 36.8 Å². The van der Waals surface area contributed by atoms with E-state index < -0.39 is 5.60 Å². The van der Waals surface area contributed by atoms with Crippen molar-refractivity contribution < 1.29 is 15.3 Å². The lowest BCUT2D eigenvalue weighted by molar-refractivity contribution is -0.189. The lowest BCUT2D eigenvalue weighted by Crippen LogP contribution is -2.67. The summed E-state index contributed by atoms with van der Waals surface area (Å²) < 4.78 is 0. The molecule has 7 fully saturated rings. The molecule has 17 unspecified atom stereocenters. The number of aliphatic hydroxyl groups excluding tert-OH is 2. The molecule has 2 aromatic carbocycles. The SMILES string of the molecule is CC1CCC2N(C1)CC1C3C4C=CCC56CC7(CCC(CC(Cc8ccccc8)c8ccccc8)C7)C(O)CC5C(O)CC(C3CCC1C2(C)O)C46. The first-order valence-electron chi connectivity index (χ1n) is 21.7. The van der Waals surface area contributed by atoms with E-state index in [9.17, 15) is 15.3 Å². The van der Waals surface area contributed by atoms with Crippen molar-refractivity contribution in [3.05, 3.63) is 83.9 Å². The quantitative estimate of drug-likeness (QED) is 0.273. The van der Waals surface area contributed by atoms with Crippen molar-refractivity contribution in [2.24, 2.45) is 70.0 Å². The van der Waals surface area contributed by atoms with Crippen LogP contribution in [0.5, 0.6) is 0 Å². The highest BCUT2D eigenvalue weighted by molar-refractivity contribution is 5.27. The average molecular weight is 704 g/mol.